The summed E-state index contributed by atoms with van der Waals surface area (Å²) < 4.78 is 37.5. The summed E-state index contributed by atoms with van der Waals surface area (Å²) in [5, 5.41) is 3.04. The Hall–Kier alpha value is -2.58. The van der Waals surface area contributed by atoms with Crippen molar-refractivity contribution in [2.24, 2.45) is 5.92 Å². The number of hydrogen-bond donors (Lipinski definition) is 1. The molecule has 0 radical (unpaired) electrons. The molecule has 1 heterocycles. The van der Waals surface area contributed by atoms with Gasteiger partial charge in [0.25, 0.3) is 0 Å². The van der Waals surface area contributed by atoms with Crippen molar-refractivity contribution < 1.29 is 22.7 Å². The van der Waals surface area contributed by atoms with E-state index in [0.717, 1.165) is 5.56 Å². The molecule has 0 aliphatic carbocycles. The van der Waals surface area contributed by atoms with E-state index < -0.39 is 10.0 Å². The standard InChI is InChI=1S/C22H28N2O5S/c1-16(18-9-10-20(28-2)21(15-18)29-3)23-22(25)17-11-13-24(14-12-17)30(26,27)19-7-5-4-6-8-19/h4-10,15-17H,11-14H2,1-3H3,(H,23,25). The lowest BCUT2D eigenvalue weighted by Gasteiger charge is -2.31. The van der Waals surface area contributed by atoms with Crippen molar-refractivity contribution in [1.82, 2.24) is 9.62 Å². The van der Waals surface area contributed by atoms with Gasteiger partial charge in [-0.1, -0.05) is 24.3 Å². The molecule has 0 saturated carbocycles. The minimum absolute atomic E-state index is 0.0611. The predicted octanol–water partition coefficient (Wildman–Crippen LogP) is 2.98. The van der Waals surface area contributed by atoms with Gasteiger partial charge < -0.3 is 14.8 Å². The van der Waals surface area contributed by atoms with Gasteiger partial charge in [-0.2, -0.15) is 4.31 Å². The van der Waals surface area contributed by atoms with Crippen molar-refractivity contribution in [2.75, 3.05) is 27.3 Å². The van der Waals surface area contributed by atoms with Gasteiger partial charge in [-0.15, -0.1) is 0 Å². The first-order valence-corrected chi connectivity index (χ1v) is 11.4. The van der Waals surface area contributed by atoms with E-state index in [1.54, 1.807) is 44.6 Å². The molecule has 1 unspecified atom stereocenters. The fourth-order valence-corrected chi connectivity index (χ4v) is 5.13. The third kappa shape index (κ3) is 4.76. The molecule has 1 aliphatic heterocycles. The Morgan fingerprint density at radius 1 is 1.03 bits per heavy atom. The fourth-order valence-electron chi connectivity index (χ4n) is 3.64. The summed E-state index contributed by atoms with van der Waals surface area (Å²) in [5.74, 6) is 0.964. The average Bonchev–Trinajstić information content (AvgIpc) is 2.79. The summed E-state index contributed by atoms with van der Waals surface area (Å²) in [6, 6.07) is 13.7. The second-order valence-electron chi connectivity index (χ2n) is 7.34. The zero-order valence-electron chi connectivity index (χ0n) is 17.5. The molecule has 0 spiro atoms. The third-order valence-corrected chi connectivity index (χ3v) is 7.38. The zero-order chi connectivity index (χ0) is 21.7. The number of benzene rings is 2. The number of nitrogens with one attached hydrogen (secondary N) is 1. The lowest BCUT2D eigenvalue weighted by Crippen LogP contribution is -2.43. The number of amides is 1. The smallest absolute Gasteiger partial charge is 0.243 e. The highest BCUT2D eigenvalue weighted by atomic mass is 32.2. The maximum absolute atomic E-state index is 12.8. The monoisotopic (exact) mass is 432 g/mol. The van der Waals surface area contributed by atoms with Crippen LogP contribution in [-0.4, -0.2) is 45.9 Å². The summed E-state index contributed by atoms with van der Waals surface area (Å²) in [6.07, 6.45) is 0.993. The first-order valence-electron chi connectivity index (χ1n) is 9.94. The SMILES string of the molecule is COc1ccc(C(C)NC(=O)C2CCN(S(=O)(=O)c3ccccc3)CC2)cc1OC. The van der Waals surface area contributed by atoms with Gasteiger partial charge in [-0.3, -0.25) is 4.79 Å². The Balaban J connectivity index is 1.59. The summed E-state index contributed by atoms with van der Waals surface area (Å²) in [7, 11) is -0.368. The minimum atomic E-state index is -3.52. The maximum atomic E-state index is 12.8. The highest BCUT2D eigenvalue weighted by molar-refractivity contribution is 7.89. The van der Waals surface area contributed by atoms with Crippen LogP contribution in [0.3, 0.4) is 0 Å². The van der Waals surface area contributed by atoms with E-state index in [0.29, 0.717) is 37.4 Å². The van der Waals surface area contributed by atoms with Crippen LogP contribution in [0, 0.1) is 5.92 Å². The van der Waals surface area contributed by atoms with Crippen molar-refractivity contribution >= 4 is 15.9 Å². The molecule has 1 fully saturated rings. The molecule has 1 amide bonds. The van der Waals surface area contributed by atoms with Crippen molar-refractivity contribution in [1.29, 1.82) is 0 Å². The van der Waals surface area contributed by atoms with Gasteiger partial charge in [-0.05, 0) is 49.6 Å². The quantitative estimate of drug-likeness (QED) is 0.727. The van der Waals surface area contributed by atoms with Crippen molar-refractivity contribution in [3.63, 3.8) is 0 Å². The predicted molar refractivity (Wildman–Crippen MR) is 114 cm³/mol. The van der Waals surface area contributed by atoms with Crippen molar-refractivity contribution in [2.45, 2.75) is 30.7 Å². The van der Waals surface area contributed by atoms with Gasteiger partial charge in [-0.25, -0.2) is 8.42 Å². The molecule has 0 aromatic heterocycles. The van der Waals surface area contributed by atoms with Crippen LogP contribution in [0.25, 0.3) is 0 Å². The van der Waals surface area contributed by atoms with Gasteiger partial charge in [0.1, 0.15) is 0 Å². The van der Waals surface area contributed by atoms with E-state index >= 15 is 0 Å². The lowest BCUT2D eigenvalue weighted by atomic mass is 9.96. The van der Waals surface area contributed by atoms with Crippen LogP contribution < -0.4 is 14.8 Å². The van der Waals surface area contributed by atoms with Crippen LogP contribution >= 0.6 is 0 Å². The number of ether oxygens (including phenoxy) is 2. The lowest BCUT2D eigenvalue weighted by molar-refractivity contribution is -0.126. The Morgan fingerprint density at radius 2 is 1.67 bits per heavy atom. The summed E-state index contributed by atoms with van der Waals surface area (Å²) in [6.45, 7) is 2.58. The Morgan fingerprint density at radius 3 is 2.27 bits per heavy atom. The Kier molecular flexibility index (Phi) is 6.99. The van der Waals surface area contributed by atoms with Crippen LogP contribution in [0.1, 0.15) is 31.4 Å². The number of carbonyl (C=O) groups is 1. The summed E-state index contributed by atoms with van der Waals surface area (Å²) in [5.41, 5.74) is 0.907. The van der Waals surface area contributed by atoms with Crippen molar-refractivity contribution in [3.8, 4) is 11.5 Å². The molecule has 1 aliphatic rings. The first-order chi connectivity index (χ1) is 14.4. The highest BCUT2D eigenvalue weighted by Crippen LogP contribution is 2.30. The topological polar surface area (TPSA) is 84.9 Å². The normalized spacial score (nSPS) is 16.6. The van der Waals surface area contributed by atoms with Crippen LogP contribution in [0.5, 0.6) is 11.5 Å². The summed E-state index contributed by atoms with van der Waals surface area (Å²) in [4.78, 5) is 13.0. The Bertz CT molecular complexity index is 970. The van der Waals surface area contributed by atoms with Crippen LogP contribution in [-0.2, 0) is 14.8 Å². The minimum Gasteiger partial charge on any atom is -0.493 e. The maximum Gasteiger partial charge on any atom is 0.243 e. The molecule has 1 N–H and O–H groups in total. The molecule has 30 heavy (non-hydrogen) atoms. The molecule has 0 bridgehead atoms. The number of hydrogen-bond acceptors (Lipinski definition) is 5. The zero-order valence-corrected chi connectivity index (χ0v) is 18.3. The van der Waals surface area contributed by atoms with E-state index in [2.05, 4.69) is 5.32 Å². The second-order valence-corrected chi connectivity index (χ2v) is 9.27. The van der Waals surface area contributed by atoms with Gasteiger partial charge >= 0.3 is 0 Å². The second kappa shape index (κ2) is 9.49. The summed E-state index contributed by atoms with van der Waals surface area (Å²) >= 11 is 0. The van der Waals surface area contributed by atoms with Gasteiger partial charge in [0.2, 0.25) is 15.9 Å². The average molecular weight is 433 g/mol. The van der Waals surface area contributed by atoms with E-state index in [1.165, 1.54) is 4.31 Å². The number of piperidine rings is 1. The molecular weight excluding hydrogens is 404 g/mol. The molecule has 1 atom stereocenters. The van der Waals surface area contributed by atoms with Gasteiger partial charge in [0.05, 0.1) is 25.2 Å². The van der Waals surface area contributed by atoms with Gasteiger partial charge in [0, 0.05) is 19.0 Å². The molecule has 8 heteroatoms. The van der Waals surface area contributed by atoms with E-state index in [-0.39, 0.29) is 22.8 Å². The molecule has 162 valence electrons. The number of nitrogens with zero attached hydrogens (tertiary/aromatic N) is 1. The molecule has 2 aromatic carbocycles. The molecule has 1 saturated heterocycles. The number of sulfonamides is 1. The molecule has 3 rings (SSSR count). The van der Waals surface area contributed by atoms with Crippen LogP contribution in [0.4, 0.5) is 0 Å². The number of rotatable bonds is 7. The van der Waals surface area contributed by atoms with Gasteiger partial charge in [0.15, 0.2) is 11.5 Å². The number of carbonyl (C=O) groups excluding carboxylic acids is 1. The van der Waals surface area contributed by atoms with E-state index in [4.69, 9.17) is 9.47 Å². The number of methoxy groups -OCH3 is 2. The Labute approximate surface area is 178 Å². The van der Waals surface area contributed by atoms with E-state index in [9.17, 15) is 13.2 Å². The molecule has 7 nitrogen and oxygen atoms in total. The van der Waals surface area contributed by atoms with Crippen molar-refractivity contribution in [3.05, 3.63) is 54.1 Å². The molecule has 2 aromatic rings. The largest absolute Gasteiger partial charge is 0.493 e. The fraction of sp³-hybridized carbons (Fsp3) is 0.409. The van der Waals surface area contributed by atoms with E-state index in [1.807, 2.05) is 25.1 Å². The molecular formula is C22H28N2O5S. The highest BCUT2D eigenvalue weighted by Gasteiger charge is 2.32. The van der Waals surface area contributed by atoms with Crippen LogP contribution in [0.15, 0.2) is 53.4 Å². The third-order valence-electron chi connectivity index (χ3n) is 5.47. The van der Waals surface area contributed by atoms with Crippen LogP contribution in [0.2, 0.25) is 0 Å². The first kappa shape index (κ1) is 22.1.